The predicted octanol–water partition coefficient (Wildman–Crippen LogP) is 4.25. The largest absolute Gasteiger partial charge is 0.314 e. The molecule has 1 aliphatic rings. The minimum Gasteiger partial charge on any atom is -0.314 e. The molecule has 0 amide bonds. The summed E-state index contributed by atoms with van der Waals surface area (Å²) in [5.41, 5.74) is 1.23. The Balaban J connectivity index is 1.90. The summed E-state index contributed by atoms with van der Waals surface area (Å²) in [4.78, 5) is 6.11. The number of nitrogens with one attached hydrogen (secondary N) is 1. The monoisotopic (exact) mass is 280 g/mol. The Bertz CT molecular complexity index is 367. The van der Waals surface area contributed by atoms with Gasteiger partial charge in [0.25, 0.3) is 0 Å². The second-order valence-electron chi connectivity index (χ2n) is 5.99. The van der Waals surface area contributed by atoms with E-state index in [1.165, 1.54) is 67.1 Å². The molecular weight excluding hydrogens is 252 g/mol. The molecule has 0 aromatic carbocycles. The van der Waals surface area contributed by atoms with E-state index in [9.17, 15) is 0 Å². The summed E-state index contributed by atoms with van der Waals surface area (Å²) >= 11 is 1.90. The van der Waals surface area contributed by atoms with Crippen LogP contribution in [0.25, 0.3) is 0 Å². The van der Waals surface area contributed by atoms with Crippen LogP contribution in [0.4, 0.5) is 0 Å². The fourth-order valence-corrected chi connectivity index (χ4v) is 4.10. The minimum atomic E-state index is 0.745. The van der Waals surface area contributed by atoms with Crippen LogP contribution in [-0.4, -0.2) is 17.6 Å². The van der Waals surface area contributed by atoms with Crippen molar-refractivity contribution in [3.05, 3.63) is 15.6 Å². The summed E-state index contributed by atoms with van der Waals surface area (Å²) in [7, 11) is 0. The SMILES string of the molecule is CCCNC1CCCCC(Cc2nc(C)c(C)s2)C1. The van der Waals surface area contributed by atoms with Gasteiger partial charge in [0.2, 0.25) is 0 Å². The predicted molar refractivity (Wildman–Crippen MR) is 83.9 cm³/mol. The van der Waals surface area contributed by atoms with Crippen molar-refractivity contribution < 1.29 is 0 Å². The first-order valence-electron chi connectivity index (χ1n) is 7.85. The van der Waals surface area contributed by atoms with Gasteiger partial charge in [-0.1, -0.05) is 19.8 Å². The summed E-state index contributed by atoms with van der Waals surface area (Å²) in [6.07, 6.45) is 9.34. The average Bonchev–Trinajstić information content (AvgIpc) is 2.59. The molecule has 1 aliphatic carbocycles. The fourth-order valence-electron chi connectivity index (χ4n) is 3.05. The second kappa shape index (κ2) is 7.39. The number of hydrogen-bond donors (Lipinski definition) is 1. The molecule has 2 rings (SSSR count). The van der Waals surface area contributed by atoms with Crippen molar-refractivity contribution in [3.63, 3.8) is 0 Å². The topological polar surface area (TPSA) is 24.9 Å². The molecule has 2 nitrogen and oxygen atoms in total. The highest BCUT2D eigenvalue weighted by Crippen LogP contribution is 2.28. The molecule has 3 heteroatoms. The highest BCUT2D eigenvalue weighted by atomic mass is 32.1. The Kier molecular flexibility index (Phi) is 5.83. The molecule has 1 saturated carbocycles. The minimum absolute atomic E-state index is 0.745. The Morgan fingerprint density at radius 3 is 2.74 bits per heavy atom. The Morgan fingerprint density at radius 1 is 1.26 bits per heavy atom. The van der Waals surface area contributed by atoms with Gasteiger partial charge >= 0.3 is 0 Å². The summed E-state index contributed by atoms with van der Waals surface area (Å²) in [6.45, 7) is 7.75. The molecule has 2 unspecified atom stereocenters. The van der Waals surface area contributed by atoms with E-state index >= 15 is 0 Å². The van der Waals surface area contributed by atoms with Crippen LogP contribution in [0.15, 0.2) is 0 Å². The van der Waals surface area contributed by atoms with E-state index in [2.05, 4.69) is 26.1 Å². The lowest BCUT2D eigenvalue weighted by Crippen LogP contribution is -2.31. The van der Waals surface area contributed by atoms with Crippen LogP contribution in [0.1, 0.15) is 61.0 Å². The van der Waals surface area contributed by atoms with Crippen LogP contribution in [0, 0.1) is 19.8 Å². The van der Waals surface area contributed by atoms with Crippen molar-refractivity contribution in [2.24, 2.45) is 5.92 Å². The van der Waals surface area contributed by atoms with Gasteiger partial charge in [-0.05, 0) is 52.0 Å². The highest BCUT2D eigenvalue weighted by molar-refractivity contribution is 7.11. The lowest BCUT2D eigenvalue weighted by atomic mass is 9.95. The van der Waals surface area contributed by atoms with Crippen LogP contribution < -0.4 is 5.32 Å². The van der Waals surface area contributed by atoms with Crippen LogP contribution in [0.5, 0.6) is 0 Å². The summed E-state index contributed by atoms with van der Waals surface area (Å²) in [6, 6.07) is 0.745. The number of thiazole rings is 1. The van der Waals surface area contributed by atoms with Gasteiger partial charge in [-0.15, -0.1) is 11.3 Å². The third kappa shape index (κ3) is 4.57. The quantitative estimate of drug-likeness (QED) is 0.816. The van der Waals surface area contributed by atoms with Gasteiger partial charge in [0, 0.05) is 17.3 Å². The van der Waals surface area contributed by atoms with E-state index in [1.54, 1.807) is 0 Å². The van der Waals surface area contributed by atoms with Gasteiger partial charge < -0.3 is 5.32 Å². The first-order chi connectivity index (χ1) is 9.19. The zero-order valence-corrected chi connectivity index (χ0v) is 13.5. The highest BCUT2D eigenvalue weighted by Gasteiger charge is 2.21. The van der Waals surface area contributed by atoms with Crippen LogP contribution in [0.2, 0.25) is 0 Å². The van der Waals surface area contributed by atoms with Gasteiger partial charge in [-0.3, -0.25) is 0 Å². The van der Waals surface area contributed by atoms with E-state index in [0.717, 1.165) is 12.0 Å². The van der Waals surface area contributed by atoms with Crippen molar-refractivity contribution >= 4 is 11.3 Å². The van der Waals surface area contributed by atoms with Gasteiger partial charge in [-0.25, -0.2) is 4.98 Å². The first kappa shape index (κ1) is 15.0. The number of hydrogen-bond acceptors (Lipinski definition) is 3. The number of rotatable bonds is 5. The fraction of sp³-hybridized carbons (Fsp3) is 0.812. The van der Waals surface area contributed by atoms with Crippen molar-refractivity contribution in [1.29, 1.82) is 0 Å². The molecule has 1 aromatic heterocycles. The lowest BCUT2D eigenvalue weighted by Gasteiger charge is -2.20. The van der Waals surface area contributed by atoms with E-state index in [-0.39, 0.29) is 0 Å². The Labute approximate surface area is 122 Å². The Hall–Kier alpha value is -0.410. The van der Waals surface area contributed by atoms with Crippen molar-refractivity contribution in [2.45, 2.75) is 71.8 Å². The van der Waals surface area contributed by atoms with Crippen LogP contribution in [-0.2, 0) is 6.42 Å². The number of aromatic nitrogens is 1. The van der Waals surface area contributed by atoms with Crippen LogP contribution >= 0.6 is 11.3 Å². The van der Waals surface area contributed by atoms with E-state index < -0.39 is 0 Å². The molecule has 0 aliphatic heterocycles. The third-order valence-corrected chi connectivity index (χ3v) is 5.35. The molecule has 1 aromatic rings. The zero-order valence-electron chi connectivity index (χ0n) is 12.7. The summed E-state index contributed by atoms with van der Waals surface area (Å²) in [5, 5.41) is 5.08. The lowest BCUT2D eigenvalue weighted by molar-refractivity contribution is 0.384. The summed E-state index contributed by atoms with van der Waals surface area (Å²) < 4.78 is 0. The molecule has 0 saturated heterocycles. The molecule has 0 radical (unpaired) electrons. The molecule has 0 bridgehead atoms. The van der Waals surface area contributed by atoms with Gasteiger partial charge in [0.1, 0.15) is 0 Å². The molecule has 108 valence electrons. The smallest absolute Gasteiger partial charge is 0.0933 e. The normalized spacial score (nSPS) is 24.4. The van der Waals surface area contributed by atoms with Gasteiger partial charge in [-0.2, -0.15) is 0 Å². The molecule has 1 N–H and O–H groups in total. The Morgan fingerprint density at radius 2 is 2.05 bits per heavy atom. The van der Waals surface area contributed by atoms with Crippen molar-refractivity contribution in [2.75, 3.05) is 6.54 Å². The van der Waals surface area contributed by atoms with Crippen LogP contribution in [0.3, 0.4) is 0 Å². The molecule has 1 heterocycles. The van der Waals surface area contributed by atoms with Gasteiger partial charge in [0.15, 0.2) is 0 Å². The van der Waals surface area contributed by atoms with Crippen molar-refractivity contribution in [3.8, 4) is 0 Å². The second-order valence-corrected chi connectivity index (χ2v) is 7.28. The molecule has 19 heavy (non-hydrogen) atoms. The zero-order chi connectivity index (χ0) is 13.7. The van der Waals surface area contributed by atoms with Gasteiger partial charge in [0.05, 0.1) is 10.7 Å². The standard InChI is InChI=1S/C16H28N2S/c1-4-9-17-15-8-6-5-7-14(10-15)11-16-18-12(2)13(3)19-16/h14-15,17H,4-11H2,1-3H3. The first-order valence-corrected chi connectivity index (χ1v) is 8.67. The summed E-state index contributed by atoms with van der Waals surface area (Å²) in [5.74, 6) is 0.835. The molecule has 0 spiro atoms. The average molecular weight is 280 g/mol. The molecule has 2 atom stereocenters. The molecule has 1 fully saturated rings. The number of aryl methyl sites for hydroxylation is 2. The maximum atomic E-state index is 4.72. The molecular formula is C16H28N2S. The maximum absolute atomic E-state index is 4.72. The third-order valence-electron chi connectivity index (χ3n) is 4.25. The van der Waals surface area contributed by atoms with E-state index in [0.29, 0.717) is 0 Å². The van der Waals surface area contributed by atoms with E-state index in [1.807, 2.05) is 11.3 Å². The van der Waals surface area contributed by atoms with E-state index in [4.69, 9.17) is 4.98 Å². The number of nitrogens with zero attached hydrogens (tertiary/aromatic N) is 1. The maximum Gasteiger partial charge on any atom is 0.0933 e. The van der Waals surface area contributed by atoms with Crippen molar-refractivity contribution in [1.82, 2.24) is 10.3 Å².